The number of anilines is 1. The first kappa shape index (κ1) is 17.0. The van der Waals surface area contributed by atoms with Crippen molar-refractivity contribution < 1.29 is 9.21 Å². The Morgan fingerprint density at radius 3 is 2.78 bits per heavy atom. The van der Waals surface area contributed by atoms with Crippen LogP contribution in [-0.4, -0.2) is 25.8 Å². The third-order valence-electron chi connectivity index (χ3n) is 3.91. The Hall–Kier alpha value is -3.39. The lowest BCUT2D eigenvalue weighted by Crippen LogP contribution is -2.12. The van der Waals surface area contributed by atoms with Crippen LogP contribution in [0.5, 0.6) is 0 Å². The van der Waals surface area contributed by atoms with Gasteiger partial charge in [-0.15, -0.1) is 11.3 Å². The first-order chi connectivity index (χ1) is 13.1. The topological polar surface area (TPSA) is 93.8 Å². The number of hydrogen-bond donors (Lipinski definition) is 1. The van der Waals surface area contributed by atoms with Crippen molar-refractivity contribution in [3.8, 4) is 22.8 Å². The van der Waals surface area contributed by atoms with Crippen molar-refractivity contribution in [2.24, 2.45) is 0 Å². The second-order valence-electron chi connectivity index (χ2n) is 5.91. The van der Waals surface area contributed by atoms with Gasteiger partial charge in [-0.1, -0.05) is 6.07 Å². The number of hydrogen-bond acceptors (Lipinski definition) is 7. The number of aromatic nitrogens is 4. The first-order valence-corrected chi connectivity index (χ1v) is 9.05. The number of pyridine rings is 2. The molecule has 0 unspecified atom stereocenters. The fourth-order valence-electron chi connectivity index (χ4n) is 2.60. The van der Waals surface area contributed by atoms with Crippen LogP contribution in [0.1, 0.15) is 21.7 Å². The van der Waals surface area contributed by atoms with Crippen LogP contribution >= 0.6 is 11.3 Å². The van der Waals surface area contributed by atoms with Crippen LogP contribution in [0, 0.1) is 13.8 Å². The van der Waals surface area contributed by atoms with E-state index in [1.807, 2.05) is 43.5 Å². The number of amides is 1. The standard InChI is InChI=1S/C19H15N5O2S/c1-11-5-7-20-13(8-11)16-17(26-10-22-16)18(25)24-19-23-14(9-27-19)15-12(2)4-3-6-21-15/h3-10H,1-2H3,(H,23,24,25). The van der Waals surface area contributed by atoms with Crippen LogP contribution in [0.3, 0.4) is 0 Å². The zero-order valence-electron chi connectivity index (χ0n) is 14.6. The normalized spacial score (nSPS) is 10.7. The van der Waals surface area contributed by atoms with E-state index in [0.29, 0.717) is 22.2 Å². The summed E-state index contributed by atoms with van der Waals surface area (Å²) in [5.41, 5.74) is 4.52. The summed E-state index contributed by atoms with van der Waals surface area (Å²) < 4.78 is 5.30. The zero-order valence-corrected chi connectivity index (χ0v) is 15.4. The maximum Gasteiger partial charge on any atom is 0.295 e. The number of oxazole rings is 1. The molecule has 134 valence electrons. The minimum atomic E-state index is -0.426. The summed E-state index contributed by atoms with van der Waals surface area (Å²) in [7, 11) is 0. The van der Waals surface area contributed by atoms with E-state index in [4.69, 9.17) is 4.42 Å². The average molecular weight is 377 g/mol. The van der Waals surface area contributed by atoms with E-state index in [2.05, 4.69) is 25.3 Å². The molecule has 0 aromatic carbocycles. The summed E-state index contributed by atoms with van der Waals surface area (Å²) in [6.45, 7) is 3.91. The highest BCUT2D eigenvalue weighted by atomic mass is 32.1. The van der Waals surface area contributed by atoms with Gasteiger partial charge in [0.2, 0.25) is 5.76 Å². The van der Waals surface area contributed by atoms with Crippen molar-refractivity contribution in [3.63, 3.8) is 0 Å². The largest absolute Gasteiger partial charge is 0.438 e. The molecule has 0 aliphatic carbocycles. The molecule has 4 aromatic heterocycles. The molecule has 1 N–H and O–H groups in total. The van der Waals surface area contributed by atoms with Gasteiger partial charge < -0.3 is 4.42 Å². The molecule has 0 aliphatic heterocycles. The Morgan fingerprint density at radius 2 is 1.96 bits per heavy atom. The minimum absolute atomic E-state index is 0.0962. The van der Waals surface area contributed by atoms with Crippen LogP contribution in [-0.2, 0) is 0 Å². The van der Waals surface area contributed by atoms with Crippen LogP contribution < -0.4 is 5.32 Å². The Bertz CT molecular complexity index is 1120. The number of nitrogens with zero attached hydrogens (tertiary/aromatic N) is 4. The number of thiazole rings is 1. The van der Waals surface area contributed by atoms with Gasteiger partial charge in [-0.25, -0.2) is 9.97 Å². The number of nitrogens with one attached hydrogen (secondary N) is 1. The molecule has 0 spiro atoms. The lowest BCUT2D eigenvalue weighted by molar-refractivity contribution is 0.0997. The molecule has 0 fully saturated rings. The molecule has 4 aromatic rings. The Kier molecular flexibility index (Phi) is 4.47. The molecule has 7 nitrogen and oxygen atoms in total. The minimum Gasteiger partial charge on any atom is -0.438 e. The molecule has 27 heavy (non-hydrogen) atoms. The SMILES string of the molecule is Cc1ccnc(-c2ncoc2C(=O)Nc2nc(-c3ncccc3C)cs2)c1. The van der Waals surface area contributed by atoms with Gasteiger partial charge in [0.15, 0.2) is 11.5 Å². The van der Waals surface area contributed by atoms with Crippen molar-refractivity contribution in [2.75, 3.05) is 5.32 Å². The van der Waals surface area contributed by atoms with Crippen LogP contribution in [0.15, 0.2) is 52.9 Å². The second-order valence-corrected chi connectivity index (χ2v) is 6.77. The quantitative estimate of drug-likeness (QED) is 0.575. The highest BCUT2D eigenvalue weighted by Crippen LogP contribution is 2.27. The smallest absolute Gasteiger partial charge is 0.295 e. The van der Waals surface area contributed by atoms with Gasteiger partial charge in [-0.2, -0.15) is 0 Å². The van der Waals surface area contributed by atoms with Crippen molar-refractivity contribution >= 4 is 22.4 Å². The average Bonchev–Trinajstić information content (AvgIpc) is 3.31. The maximum absolute atomic E-state index is 12.6. The fourth-order valence-corrected chi connectivity index (χ4v) is 3.29. The van der Waals surface area contributed by atoms with Crippen LogP contribution in [0.2, 0.25) is 0 Å². The Morgan fingerprint density at radius 1 is 1.07 bits per heavy atom. The Labute approximate surface area is 159 Å². The summed E-state index contributed by atoms with van der Waals surface area (Å²) in [5, 5.41) is 5.07. The van der Waals surface area contributed by atoms with Crippen LogP contribution in [0.25, 0.3) is 22.8 Å². The first-order valence-electron chi connectivity index (χ1n) is 8.17. The van der Waals surface area contributed by atoms with Gasteiger partial charge in [0.05, 0.1) is 11.4 Å². The summed E-state index contributed by atoms with van der Waals surface area (Å²) in [4.78, 5) is 29.8. The van der Waals surface area contributed by atoms with Crippen molar-refractivity contribution in [1.82, 2.24) is 19.9 Å². The third-order valence-corrected chi connectivity index (χ3v) is 4.67. The van der Waals surface area contributed by atoms with E-state index in [1.54, 1.807) is 12.4 Å². The van der Waals surface area contributed by atoms with E-state index in [0.717, 1.165) is 16.8 Å². The molecular weight excluding hydrogens is 362 g/mol. The zero-order chi connectivity index (χ0) is 18.8. The molecule has 4 heterocycles. The Balaban J connectivity index is 1.58. The monoisotopic (exact) mass is 377 g/mol. The molecule has 4 rings (SSSR count). The molecule has 0 atom stereocenters. The third kappa shape index (κ3) is 3.47. The van der Waals surface area contributed by atoms with Gasteiger partial charge in [-0.05, 0) is 43.2 Å². The summed E-state index contributed by atoms with van der Waals surface area (Å²) in [6, 6.07) is 7.56. The van der Waals surface area contributed by atoms with Crippen LogP contribution in [0.4, 0.5) is 5.13 Å². The molecular formula is C19H15N5O2S. The van der Waals surface area contributed by atoms with Gasteiger partial charge in [-0.3, -0.25) is 20.1 Å². The number of aryl methyl sites for hydroxylation is 2. The molecule has 8 heteroatoms. The van der Waals surface area contributed by atoms with E-state index in [1.165, 1.54) is 17.7 Å². The molecule has 0 bridgehead atoms. The highest BCUT2D eigenvalue weighted by molar-refractivity contribution is 7.14. The molecule has 0 saturated heterocycles. The summed E-state index contributed by atoms with van der Waals surface area (Å²) in [5.74, 6) is -0.330. The van der Waals surface area contributed by atoms with E-state index >= 15 is 0 Å². The second kappa shape index (κ2) is 7.08. The molecule has 0 saturated carbocycles. The number of carbonyl (C=O) groups is 1. The summed E-state index contributed by atoms with van der Waals surface area (Å²) >= 11 is 1.32. The maximum atomic E-state index is 12.6. The van der Waals surface area contributed by atoms with Gasteiger partial charge in [0.25, 0.3) is 5.91 Å². The lowest BCUT2D eigenvalue weighted by atomic mass is 10.2. The van der Waals surface area contributed by atoms with Crippen molar-refractivity contribution in [1.29, 1.82) is 0 Å². The molecule has 1 amide bonds. The molecule has 0 radical (unpaired) electrons. The molecule has 0 aliphatic rings. The lowest BCUT2D eigenvalue weighted by Gasteiger charge is -2.02. The van der Waals surface area contributed by atoms with E-state index < -0.39 is 5.91 Å². The van der Waals surface area contributed by atoms with Crippen molar-refractivity contribution in [2.45, 2.75) is 13.8 Å². The van der Waals surface area contributed by atoms with Crippen molar-refractivity contribution in [3.05, 3.63) is 65.3 Å². The van der Waals surface area contributed by atoms with E-state index in [9.17, 15) is 4.79 Å². The predicted octanol–water partition coefficient (Wildman–Crippen LogP) is 4.12. The highest BCUT2D eigenvalue weighted by Gasteiger charge is 2.21. The van der Waals surface area contributed by atoms with Gasteiger partial charge in [0, 0.05) is 17.8 Å². The predicted molar refractivity (Wildman–Crippen MR) is 103 cm³/mol. The van der Waals surface area contributed by atoms with Gasteiger partial charge >= 0.3 is 0 Å². The van der Waals surface area contributed by atoms with E-state index in [-0.39, 0.29) is 5.76 Å². The summed E-state index contributed by atoms with van der Waals surface area (Å²) in [6.07, 6.45) is 4.62. The number of carbonyl (C=O) groups excluding carboxylic acids is 1. The fraction of sp³-hybridized carbons (Fsp3) is 0.105. The number of rotatable bonds is 4. The van der Waals surface area contributed by atoms with Gasteiger partial charge in [0.1, 0.15) is 11.4 Å².